The third kappa shape index (κ3) is 5.96. The SMILES string of the molecule is COC(=O)CCc1cccc(C(=Nc2ccc(CN(C)C)cc2)C2C(=O)Nc3cc(Cl)ccc32)c1. The number of ether oxygens (including phenoxy) is 1. The van der Waals surface area contributed by atoms with Gasteiger partial charge in [-0.05, 0) is 73.1 Å². The number of amides is 1. The van der Waals surface area contributed by atoms with Crippen molar-refractivity contribution in [1.82, 2.24) is 4.90 Å². The highest BCUT2D eigenvalue weighted by molar-refractivity contribution is 6.31. The van der Waals surface area contributed by atoms with E-state index in [4.69, 9.17) is 21.3 Å². The van der Waals surface area contributed by atoms with Crippen molar-refractivity contribution in [3.8, 4) is 0 Å². The number of nitrogens with one attached hydrogen (secondary N) is 1. The summed E-state index contributed by atoms with van der Waals surface area (Å²) in [5.41, 5.74) is 5.91. The lowest BCUT2D eigenvalue weighted by atomic mass is 9.89. The highest BCUT2D eigenvalue weighted by Gasteiger charge is 2.35. The number of rotatable bonds is 8. The van der Waals surface area contributed by atoms with E-state index in [1.807, 2.05) is 68.7 Å². The summed E-state index contributed by atoms with van der Waals surface area (Å²) in [5, 5.41) is 3.51. The van der Waals surface area contributed by atoms with Crippen LogP contribution in [0, 0.1) is 0 Å². The van der Waals surface area contributed by atoms with Crippen molar-refractivity contribution in [3.05, 3.63) is 94.0 Å². The first-order valence-corrected chi connectivity index (χ1v) is 11.8. The Labute approximate surface area is 210 Å². The molecule has 1 N–H and O–H groups in total. The summed E-state index contributed by atoms with van der Waals surface area (Å²) in [7, 11) is 5.44. The topological polar surface area (TPSA) is 71.0 Å². The fourth-order valence-electron chi connectivity index (χ4n) is 4.22. The first-order valence-electron chi connectivity index (χ1n) is 11.4. The van der Waals surface area contributed by atoms with E-state index in [1.54, 1.807) is 12.1 Å². The van der Waals surface area contributed by atoms with Gasteiger partial charge in [-0.1, -0.05) is 48.0 Å². The molecule has 0 aliphatic carbocycles. The number of anilines is 1. The lowest BCUT2D eigenvalue weighted by molar-refractivity contribution is -0.140. The number of hydrogen-bond acceptors (Lipinski definition) is 5. The van der Waals surface area contributed by atoms with Gasteiger partial charge in [-0.3, -0.25) is 14.6 Å². The van der Waals surface area contributed by atoms with Gasteiger partial charge >= 0.3 is 5.97 Å². The van der Waals surface area contributed by atoms with Gasteiger partial charge in [0.15, 0.2) is 0 Å². The molecule has 0 aromatic heterocycles. The number of aryl methyl sites for hydroxylation is 1. The first-order chi connectivity index (χ1) is 16.8. The maximum Gasteiger partial charge on any atom is 0.305 e. The predicted octanol–water partition coefficient (Wildman–Crippen LogP) is 5.36. The number of carbonyl (C=O) groups is 2. The standard InChI is InChI=1S/C28H28ClN3O3/c1-32(2)17-19-7-11-22(12-8-19)30-27(20-6-4-5-18(15-20)9-14-25(33)35-3)26-23-13-10-21(29)16-24(23)31-28(26)34/h4-8,10-13,15-16,26H,9,14,17H2,1-3H3,(H,31,34). The molecule has 1 atom stereocenters. The number of nitrogens with zero attached hydrogens (tertiary/aromatic N) is 2. The van der Waals surface area contributed by atoms with E-state index in [1.165, 1.54) is 12.7 Å². The number of fused-ring (bicyclic) bond motifs is 1. The summed E-state index contributed by atoms with van der Waals surface area (Å²) in [6.45, 7) is 0.832. The minimum Gasteiger partial charge on any atom is -0.469 e. The predicted molar refractivity (Wildman–Crippen MR) is 140 cm³/mol. The number of hydrogen-bond donors (Lipinski definition) is 1. The minimum atomic E-state index is -0.584. The molecule has 1 unspecified atom stereocenters. The zero-order valence-electron chi connectivity index (χ0n) is 20.0. The molecule has 3 aromatic carbocycles. The van der Waals surface area contributed by atoms with E-state index < -0.39 is 5.92 Å². The molecular formula is C28H28ClN3O3. The average molecular weight is 490 g/mol. The number of esters is 1. The molecule has 35 heavy (non-hydrogen) atoms. The average Bonchev–Trinajstić information content (AvgIpc) is 3.16. The van der Waals surface area contributed by atoms with E-state index in [0.29, 0.717) is 22.8 Å². The van der Waals surface area contributed by atoms with Crippen LogP contribution in [0.15, 0.2) is 71.7 Å². The largest absolute Gasteiger partial charge is 0.469 e. The smallest absolute Gasteiger partial charge is 0.305 e. The van der Waals surface area contributed by atoms with Crippen LogP contribution in [0.25, 0.3) is 0 Å². The highest BCUT2D eigenvalue weighted by Crippen LogP contribution is 2.38. The fourth-order valence-corrected chi connectivity index (χ4v) is 4.39. The van der Waals surface area contributed by atoms with Crippen LogP contribution in [0.1, 0.15) is 34.6 Å². The summed E-state index contributed by atoms with van der Waals surface area (Å²) in [5.74, 6) is -0.993. The number of carbonyl (C=O) groups excluding carboxylic acids is 2. The van der Waals surface area contributed by atoms with E-state index in [9.17, 15) is 9.59 Å². The molecule has 0 spiro atoms. The molecule has 0 bridgehead atoms. The molecule has 0 fully saturated rings. The van der Waals surface area contributed by atoms with Crippen molar-refractivity contribution < 1.29 is 14.3 Å². The Morgan fingerprint density at radius 2 is 1.83 bits per heavy atom. The Morgan fingerprint density at radius 1 is 1.06 bits per heavy atom. The molecule has 0 saturated carbocycles. The lowest BCUT2D eigenvalue weighted by Gasteiger charge is -2.15. The van der Waals surface area contributed by atoms with Crippen LogP contribution in [0.4, 0.5) is 11.4 Å². The summed E-state index contributed by atoms with van der Waals surface area (Å²) in [4.78, 5) is 31.9. The van der Waals surface area contributed by atoms with Gasteiger partial charge in [0.05, 0.1) is 18.5 Å². The van der Waals surface area contributed by atoms with Crippen molar-refractivity contribution in [1.29, 1.82) is 0 Å². The molecule has 180 valence electrons. The lowest BCUT2D eigenvalue weighted by Crippen LogP contribution is -2.22. The van der Waals surface area contributed by atoms with Crippen LogP contribution in [-0.4, -0.2) is 43.7 Å². The second-order valence-corrected chi connectivity index (χ2v) is 9.27. The first kappa shape index (κ1) is 24.6. The Hall–Kier alpha value is -3.48. The Kier molecular flexibility index (Phi) is 7.63. The van der Waals surface area contributed by atoms with Crippen molar-refractivity contribution in [2.45, 2.75) is 25.3 Å². The van der Waals surface area contributed by atoms with Crippen LogP contribution < -0.4 is 5.32 Å². The molecule has 4 rings (SSSR count). The molecule has 1 amide bonds. The molecular weight excluding hydrogens is 462 g/mol. The monoisotopic (exact) mass is 489 g/mol. The van der Waals surface area contributed by atoms with Gasteiger partial charge < -0.3 is 15.0 Å². The maximum absolute atomic E-state index is 13.2. The van der Waals surface area contributed by atoms with Gasteiger partial charge in [-0.15, -0.1) is 0 Å². The van der Waals surface area contributed by atoms with Crippen LogP contribution >= 0.6 is 11.6 Å². The van der Waals surface area contributed by atoms with Crippen LogP contribution in [0.2, 0.25) is 5.02 Å². The Morgan fingerprint density at radius 3 is 2.54 bits per heavy atom. The van der Waals surface area contributed by atoms with Crippen molar-refractivity contribution in [2.75, 3.05) is 26.5 Å². The van der Waals surface area contributed by atoms with E-state index in [0.717, 1.165) is 28.9 Å². The van der Waals surface area contributed by atoms with E-state index in [-0.39, 0.29) is 18.3 Å². The number of halogens is 1. The molecule has 1 aliphatic rings. The Bertz CT molecular complexity index is 1270. The fraction of sp³-hybridized carbons (Fsp3) is 0.250. The molecule has 7 heteroatoms. The van der Waals surface area contributed by atoms with Crippen LogP contribution in [-0.2, 0) is 27.3 Å². The van der Waals surface area contributed by atoms with Crippen LogP contribution in [0.5, 0.6) is 0 Å². The molecule has 3 aromatic rings. The van der Waals surface area contributed by atoms with Gasteiger partial charge in [-0.2, -0.15) is 0 Å². The third-order valence-corrected chi connectivity index (χ3v) is 6.11. The zero-order chi connectivity index (χ0) is 24.9. The summed E-state index contributed by atoms with van der Waals surface area (Å²) in [6.07, 6.45) is 0.821. The molecule has 0 saturated heterocycles. The van der Waals surface area contributed by atoms with Gasteiger partial charge in [0.1, 0.15) is 5.92 Å². The number of benzene rings is 3. The summed E-state index contributed by atoms with van der Waals surface area (Å²) >= 11 is 6.17. The number of aliphatic imine (C=N–C) groups is 1. The normalized spacial score (nSPS) is 15.2. The second kappa shape index (κ2) is 10.8. The van der Waals surface area contributed by atoms with Gasteiger partial charge in [0, 0.05) is 23.7 Å². The van der Waals surface area contributed by atoms with Crippen molar-refractivity contribution >= 4 is 40.6 Å². The third-order valence-electron chi connectivity index (χ3n) is 5.87. The molecule has 0 radical (unpaired) electrons. The molecule has 1 aliphatic heterocycles. The Balaban J connectivity index is 1.76. The summed E-state index contributed by atoms with van der Waals surface area (Å²) in [6, 6.07) is 21.3. The summed E-state index contributed by atoms with van der Waals surface area (Å²) < 4.78 is 4.78. The zero-order valence-corrected chi connectivity index (χ0v) is 20.8. The minimum absolute atomic E-state index is 0.148. The van der Waals surface area contributed by atoms with Gasteiger partial charge in [0.25, 0.3) is 0 Å². The number of methoxy groups -OCH3 is 1. The van der Waals surface area contributed by atoms with Crippen molar-refractivity contribution in [3.63, 3.8) is 0 Å². The van der Waals surface area contributed by atoms with Gasteiger partial charge in [-0.25, -0.2) is 0 Å². The van der Waals surface area contributed by atoms with E-state index >= 15 is 0 Å². The molecule has 6 nitrogen and oxygen atoms in total. The quantitative estimate of drug-likeness (QED) is 0.341. The van der Waals surface area contributed by atoms with Crippen LogP contribution in [0.3, 0.4) is 0 Å². The molecule has 1 heterocycles. The van der Waals surface area contributed by atoms with Gasteiger partial charge in [0.2, 0.25) is 5.91 Å². The van der Waals surface area contributed by atoms with Crippen molar-refractivity contribution in [2.24, 2.45) is 4.99 Å². The highest BCUT2D eigenvalue weighted by atomic mass is 35.5. The maximum atomic E-state index is 13.2. The second-order valence-electron chi connectivity index (χ2n) is 8.83. The van der Waals surface area contributed by atoms with E-state index in [2.05, 4.69) is 10.2 Å².